The molecule has 4 fully saturated rings. The van der Waals surface area contributed by atoms with E-state index in [0.29, 0.717) is 17.2 Å². The van der Waals surface area contributed by atoms with Crippen LogP contribution in [0.4, 0.5) is 21.7 Å². The van der Waals surface area contributed by atoms with Crippen LogP contribution < -0.4 is 20.3 Å². The highest BCUT2D eigenvalue weighted by atomic mass is 19.1. The molecule has 1 spiro atoms. The second-order valence-corrected chi connectivity index (χ2v) is 11.5. The summed E-state index contributed by atoms with van der Waals surface area (Å²) in [5, 5.41) is 6.37. The van der Waals surface area contributed by atoms with Crippen LogP contribution in [0.3, 0.4) is 0 Å². The third kappa shape index (κ3) is 4.26. The number of nitrogens with zero attached hydrogens (tertiary/aromatic N) is 4. The molecule has 9 nitrogen and oxygen atoms in total. The van der Waals surface area contributed by atoms with E-state index in [2.05, 4.69) is 42.5 Å². The van der Waals surface area contributed by atoms with Crippen LogP contribution in [0.5, 0.6) is 5.75 Å². The van der Waals surface area contributed by atoms with E-state index >= 15 is 0 Å². The van der Waals surface area contributed by atoms with Crippen molar-refractivity contribution in [1.82, 2.24) is 20.2 Å². The van der Waals surface area contributed by atoms with Crippen LogP contribution in [0.25, 0.3) is 11.3 Å². The van der Waals surface area contributed by atoms with Gasteiger partial charge in [0.1, 0.15) is 11.4 Å². The standard InChI is InChI=1S/C30H31FN6O3/c31-24-15-32-29(34-27(24)18-1-5-23-22(13-18)28(38)35-30(23)7-8-30)33-25-14-19(2-6-26(25)40-21-3-4-21)37-16-20(17-37)36-9-11-39-12-10-36/h1-2,5-6,13-15,20-21H,3-4,7-12,16-17H2,(H,35,38)(H,32,33,34). The first-order chi connectivity index (χ1) is 19.5. The van der Waals surface area contributed by atoms with Crippen LogP contribution in [-0.2, 0) is 10.3 Å². The Morgan fingerprint density at radius 1 is 1.10 bits per heavy atom. The number of carbonyl (C=O) groups is 1. The number of halogens is 1. The topological polar surface area (TPSA) is 91.9 Å². The van der Waals surface area contributed by atoms with E-state index in [-0.39, 0.29) is 29.2 Å². The maximum atomic E-state index is 15.0. The molecule has 2 aliphatic carbocycles. The molecule has 10 heteroatoms. The number of morpholine rings is 1. The van der Waals surface area contributed by atoms with Crippen LogP contribution in [0, 0.1) is 5.82 Å². The first-order valence-corrected chi connectivity index (χ1v) is 14.2. The number of hydrogen-bond acceptors (Lipinski definition) is 8. The lowest BCUT2D eigenvalue weighted by Crippen LogP contribution is -2.61. The summed E-state index contributed by atoms with van der Waals surface area (Å²) in [6.07, 6.45) is 5.36. The molecular formula is C30H31FN6O3. The van der Waals surface area contributed by atoms with E-state index < -0.39 is 5.82 Å². The van der Waals surface area contributed by atoms with Crippen LogP contribution in [0.1, 0.15) is 41.6 Å². The normalized spacial score (nSPS) is 21.6. The van der Waals surface area contributed by atoms with Gasteiger partial charge in [-0.1, -0.05) is 12.1 Å². The van der Waals surface area contributed by atoms with Crippen molar-refractivity contribution in [3.63, 3.8) is 0 Å². The first-order valence-electron chi connectivity index (χ1n) is 14.2. The Kier molecular flexibility index (Phi) is 5.50. The van der Waals surface area contributed by atoms with Gasteiger partial charge in [-0.2, -0.15) is 0 Å². The fourth-order valence-corrected chi connectivity index (χ4v) is 6.04. The highest BCUT2D eigenvalue weighted by Gasteiger charge is 2.52. The Morgan fingerprint density at radius 3 is 2.70 bits per heavy atom. The zero-order valence-electron chi connectivity index (χ0n) is 22.2. The molecule has 40 heavy (non-hydrogen) atoms. The van der Waals surface area contributed by atoms with Gasteiger partial charge in [0.25, 0.3) is 5.91 Å². The zero-order valence-corrected chi connectivity index (χ0v) is 22.2. The Balaban J connectivity index is 1.06. The van der Waals surface area contributed by atoms with E-state index in [0.717, 1.165) is 87.8 Å². The smallest absolute Gasteiger partial charge is 0.252 e. The molecule has 3 aromatic rings. The monoisotopic (exact) mass is 542 g/mol. The zero-order chi connectivity index (χ0) is 26.8. The predicted octanol–water partition coefficient (Wildman–Crippen LogP) is 3.82. The van der Waals surface area contributed by atoms with Crippen molar-refractivity contribution in [2.45, 2.75) is 43.4 Å². The molecule has 0 atom stereocenters. The van der Waals surface area contributed by atoms with Crippen molar-refractivity contribution >= 4 is 23.2 Å². The van der Waals surface area contributed by atoms with E-state index in [4.69, 9.17) is 9.47 Å². The van der Waals surface area contributed by atoms with E-state index in [1.54, 1.807) is 6.07 Å². The van der Waals surface area contributed by atoms with Gasteiger partial charge in [-0.15, -0.1) is 0 Å². The van der Waals surface area contributed by atoms with Crippen LogP contribution in [0.15, 0.2) is 42.6 Å². The average Bonchev–Trinajstić information content (AvgIpc) is 3.88. The molecule has 1 aromatic heterocycles. The van der Waals surface area contributed by atoms with Crippen molar-refractivity contribution < 1.29 is 18.7 Å². The summed E-state index contributed by atoms with van der Waals surface area (Å²) < 4.78 is 26.7. The largest absolute Gasteiger partial charge is 0.488 e. The molecular weight excluding hydrogens is 511 g/mol. The SMILES string of the molecule is O=C1NC2(CC2)c2ccc(-c3nc(Nc4cc(N5CC(N6CCOCC6)C5)ccc4OC4CC4)ncc3F)cc21. The molecule has 2 saturated heterocycles. The third-order valence-corrected chi connectivity index (χ3v) is 8.72. The minimum atomic E-state index is -0.539. The van der Waals surface area contributed by atoms with Crippen molar-refractivity contribution in [3.05, 3.63) is 59.5 Å². The van der Waals surface area contributed by atoms with Crippen molar-refractivity contribution in [2.75, 3.05) is 49.6 Å². The fourth-order valence-electron chi connectivity index (χ4n) is 6.04. The van der Waals surface area contributed by atoms with E-state index in [9.17, 15) is 9.18 Å². The molecule has 1 amide bonds. The average molecular weight is 543 g/mol. The molecule has 0 bridgehead atoms. The van der Waals surface area contributed by atoms with Crippen LogP contribution in [0.2, 0.25) is 0 Å². The number of rotatable bonds is 7. The lowest BCUT2D eigenvalue weighted by molar-refractivity contribution is 0.0105. The van der Waals surface area contributed by atoms with Crippen LogP contribution >= 0.6 is 0 Å². The minimum Gasteiger partial charge on any atom is -0.488 e. The lowest BCUT2D eigenvalue weighted by atomic mass is 9.99. The minimum absolute atomic E-state index is 0.109. The molecule has 206 valence electrons. The summed E-state index contributed by atoms with van der Waals surface area (Å²) in [5.41, 5.74) is 3.92. The molecule has 2 N–H and O–H groups in total. The van der Waals surface area contributed by atoms with Gasteiger partial charge in [0.2, 0.25) is 5.95 Å². The maximum Gasteiger partial charge on any atom is 0.252 e. The third-order valence-electron chi connectivity index (χ3n) is 8.72. The van der Waals surface area contributed by atoms with Gasteiger partial charge < -0.3 is 25.0 Å². The summed E-state index contributed by atoms with van der Waals surface area (Å²) >= 11 is 0. The molecule has 0 radical (unpaired) electrons. The number of fused-ring (bicyclic) bond motifs is 2. The van der Waals surface area contributed by atoms with Gasteiger partial charge in [-0.3, -0.25) is 9.69 Å². The summed E-state index contributed by atoms with van der Waals surface area (Å²) in [7, 11) is 0. The van der Waals surface area contributed by atoms with Gasteiger partial charge in [-0.05, 0) is 55.5 Å². The summed E-state index contributed by atoms with van der Waals surface area (Å²) in [6, 6.07) is 12.2. The molecule has 4 heterocycles. The molecule has 0 unspecified atom stereocenters. The number of benzene rings is 2. The number of amides is 1. The van der Waals surface area contributed by atoms with Crippen LogP contribution in [-0.4, -0.2) is 72.3 Å². The Labute approximate surface area is 231 Å². The van der Waals surface area contributed by atoms with Gasteiger partial charge in [0.15, 0.2) is 5.82 Å². The van der Waals surface area contributed by atoms with Crippen molar-refractivity contribution in [2.24, 2.45) is 0 Å². The number of nitrogens with one attached hydrogen (secondary N) is 2. The number of anilines is 3. The predicted molar refractivity (Wildman–Crippen MR) is 148 cm³/mol. The number of hydrogen-bond donors (Lipinski definition) is 2. The fraction of sp³-hybridized carbons (Fsp3) is 0.433. The summed E-state index contributed by atoms with van der Waals surface area (Å²) in [4.78, 5) is 26.2. The quantitative estimate of drug-likeness (QED) is 0.466. The number of ether oxygens (including phenoxy) is 2. The second-order valence-electron chi connectivity index (χ2n) is 11.5. The second kappa shape index (κ2) is 9.14. The van der Waals surface area contributed by atoms with E-state index in [1.165, 1.54) is 6.20 Å². The highest BCUT2D eigenvalue weighted by Crippen LogP contribution is 2.50. The molecule has 8 rings (SSSR count). The highest BCUT2D eigenvalue weighted by molar-refractivity contribution is 6.01. The number of aromatic nitrogens is 2. The first kappa shape index (κ1) is 24.1. The Bertz CT molecular complexity index is 1490. The van der Waals surface area contributed by atoms with Gasteiger partial charge in [0, 0.05) is 49.0 Å². The maximum absolute atomic E-state index is 15.0. The van der Waals surface area contributed by atoms with Gasteiger partial charge in [-0.25, -0.2) is 14.4 Å². The summed E-state index contributed by atoms with van der Waals surface area (Å²) in [6.45, 7) is 5.51. The molecule has 2 aromatic carbocycles. The number of carbonyl (C=O) groups excluding carboxylic acids is 1. The van der Waals surface area contributed by atoms with Gasteiger partial charge in [0.05, 0.1) is 36.7 Å². The van der Waals surface area contributed by atoms with Crippen molar-refractivity contribution in [3.8, 4) is 17.0 Å². The molecule has 5 aliphatic rings. The summed E-state index contributed by atoms with van der Waals surface area (Å²) in [5.74, 6) is 0.355. The van der Waals surface area contributed by atoms with E-state index in [1.807, 2.05) is 18.2 Å². The molecule has 3 aliphatic heterocycles. The molecule has 2 saturated carbocycles. The lowest BCUT2D eigenvalue weighted by Gasteiger charge is -2.47. The Hall–Kier alpha value is -3.76. The van der Waals surface area contributed by atoms with Crippen molar-refractivity contribution in [1.29, 1.82) is 0 Å². The Morgan fingerprint density at radius 2 is 1.93 bits per heavy atom. The van der Waals surface area contributed by atoms with Gasteiger partial charge >= 0.3 is 0 Å².